The third-order valence-electron chi connectivity index (χ3n) is 3.69. The third-order valence-corrected chi connectivity index (χ3v) is 5.61. The van der Waals surface area contributed by atoms with Gasteiger partial charge in [-0.3, -0.25) is 0 Å². The van der Waals surface area contributed by atoms with Crippen LogP contribution in [-0.4, -0.2) is 44.6 Å². The third kappa shape index (κ3) is 4.50. The van der Waals surface area contributed by atoms with Crippen molar-refractivity contribution in [2.45, 2.75) is 50.9 Å². The molecule has 0 aromatic rings. The number of aliphatic hydroxyl groups excluding tert-OH is 1. The molecule has 0 spiro atoms. The van der Waals surface area contributed by atoms with Crippen molar-refractivity contribution in [3.8, 4) is 0 Å². The van der Waals surface area contributed by atoms with E-state index in [4.69, 9.17) is 4.74 Å². The molecule has 1 atom stereocenters. The number of nitrogens with one attached hydrogen (secondary N) is 1. The van der Waals surface area contributed by atoms with E-state index in [0.717, 1.165) is 12.8 Å². The Labute approximate surface area is 110 Å². The van der Waals surface area contributed by atoms with Gasteiger partial charge < -0.3 is 9.84 Å². The Bertz CT molecular complexity index is 321. The predicted octanol–water partition coefficient (Wildman–Crippen LogP) is 0.882. The zero-order chi connectivity index (χ0) is 13.6. The van der Waals surface area contributed by atoms with E-state index in [9.17, 15) is 13.5 Å². The predicted molar refractivity (Wildman–Crippen MR) is 70.8 cm³/mol. The van der Waals surface area contributed by atoms with Crippen molar-refractivity contribution in [2.75, 3.05) is 19.8 Å². The van der Waals surface area contributed by atoms with Gasteiger partial charge in [0, 0.05) is 19.8 Å². The summed E-state index contributed by atoms with van der Waals surface area (Å²) in [5.41, 5.74) is 0. The monoisotopic (exact) mass is 279 g/mol. The van der Waals surface area contributed by atoms with Gasteiger partial charge in [-0.15, -0.1) is 0 Å². The van der Waals surface area contributed by atoms with Crippen LogP contribution in [0.15, 0.2) is 0 Å². The summed E-state index contributed by atoms with van der Waals surface area (Å²) in [6.07, 6.45) is 2.19. The van der Waals surface area contributed by atoms with Gasteiger partial charge in [-0.25, -0.2) is 13.1 Å². The Balaban J connectivity index is 2.45. The SMILES string of the molecule is CCC(CC)C(O)CNS(=O)(=O)C1CCOCC1. The highest BCUT2D eigenvalue weighted by atomic mass is 32.2. The van der Waals surface area contributed by atoms with Crippen molar-refractivity contribution in [3.63, 3.8) is 0 Å². The molecule has 0 saturated carbocycles. The summed E-state index contributed by atoms with van der Waals surface area (Å²) in [6.45, 7) is 5.13. The van der Waals surface area contributed by atoms with Gasteiger partial charge in [0.2, 0.25) is 10.0 Å². The molecule has 0 aromatic carbocycles. The molecular weight excluding hydrogens is 254 g/mol. The zero-order valence-corrected chi connectivity index (χ0v) is 12.1. The van der Waals surface area contributed by atoms with Crippen molar-refractivity contribution >= 4 is 10.0 Å². The fourth-order valence-corrected chi connectivity index (χ4v) is 3.76. The molecule has 1 rings (SSSR count). The first-order valence-electron chi connectivity index (χ1n) is 6.75. The molecule has 1 heterocycles. The lowest BCUT2D eigenvalue weighted by atomic mass is 9.97. The van der Waals surface area contributed by atoms with Crippen molar-refractivity contribution in [3.05, 3.63) is 0 Å². The molecule has 1 saturated heterocycles. The fraction of sp³-hybridized carbons (Fsp3) is 1.00. The van der Waals surface area contributed by atoms with Gasteiger partial charge in [0.1, 0.15) is 0 Å². The van der Waals surface area contributed by atoms with E-state index in [2.05, 4.69) is 4.72 Å². The number of rotatable bonds is 7. The maximum atomic E-state index is 12.0. The Morgan fingerprint density at radius 3 is 2.33 bits per heavy atom. The Morgan fingerprint density at radius 2 is 1.83 bits per heavy atom. The lowest BCUT2D eigenvalue weighted by Crippen LogP contribution is -2.42. The zero-order valence-electron chi connectivity index (χ0n) is 11.3. The Hall–Kier alpha value is -0.170. The van der Waals surface area contributed by atoms with Crippen LogP contribution < -0.4 is 4.72 Å². The Morgan fingerprint density at radius 1 is 1.28 bits per heavy atom. The first kappa shape index (κ1) is 15.9. The molecule has 6 heteroatoms. The molecule has 0 aliphatic carbocycles. The highest BCUT2D eigenvalue weighted by molar-refractivity contribution is 7.90. The van der Waals surface area contributed by atoms with Gasteiger partial charge in [-0.05, 0) is 18.8 Å². The first-order chi connectivity index (χ1) is 8.51. The lowest BCUT2D eigenvalue weighted by molar-refractivity contribution is 0.0967. The molecule has 0 amide bonds. The summed E-state index contributed by atoms with van der Waals surface area (Å²) in [6, 6.07) is 0. The minimum Gasteiger partial charge on any atom is -0.391 e. The molecule has 0 aromatic heterocycles. The summed E-state index contributed by atoms with van der Waals surface area (Å²) >= 11 is 0. The quantitative estimate of drug-likeness (QED) is 0.725. The van der Waals surface area contributed by atoms with E-state index in [1.807, 2.05) is 13.8 Å². The average molecular weight is 279 g/mol. The van der Waals surface area contributed by atoms with Crippen molar-refractivity contribution in [2.24, 2.45) is 5.92 Å². The minimum atomic E-state index is -3.32. The van der Waals surface area contributed by atoms with Crippen LogP contribution in [0.25, 0.3) is 0 Å². The average Bonchev–Trinajstić information content (AvgIpc) is 2.39. The molecular formula is C12H25NO4S. The highest BCUT2D eigenvalue weighted by Gasteiger charge is 2.28. The second-order valence-corrected chi connectivity index (χ2v) is 6.89. The number of aliphatic hydroxyl groups is 1. The van der Waals surface area contributed by atoms with Crippen LogP contribution in [0, 0.1) is 5.92 Å². The maximum absolute atomic E-state index is 12.0. The lowest BCUT2D eigenvalue weighted by Gasteiger charge is -2.25. The number of sulfonamides is 1. The number of ether oxygens (including phenoxy) is 1. The van der Waals surface area contributed by atoms with Gasteiger partial charge in [0.05, 0.1) is 11.4 Å². The van der Waals surface area contributed by atoms with Crippen LogP contribution in [-0.2, 0) is 14.8 Å². The topological polar surface area (TPSA) is 75.6 Å². The van der Waals surface area contributed by atoms with Gasteiger partial charge >= 0.3 is 0 Å². The fourth-order valence-electron chi connectivity index (χ4n) is 2.31. The van der Waals surface area contributed by atoms with E-state index in [-0.39, 0.29) is 17.7 Å². The minimum absolute atomic E-state index is 0.117. The molecule has 1 fully saturated rings. The van der Waals surface area contributed by atoms with Crippen LogP contribution >= 0.6 is 0 Å². The van der Waals surface area contributed by atoms with E-state index in [0.29, 0.717) is 26.1 Å². The molecule has 0 radical (unpaired) electrons. The molecule has 1 unspecified atom stereocenters. The van der Waals surface area contributed by atoms with E-state index in [1.54, 1.807) is 0 Å². The molecule has 18 heavy (non-hydrogen) atoms. The molecule has 108 valence electrons. The summed E-state index contributed by atoms with van der Waals surface area (Å²) < 4.78 is 31.7. The molecule has 5 nitrogen and oxygen atoms in total. The maximum Gasteiger partial charge on any atom is 0.214 e. The largest absolute Gasteiger partial charge is 0.391 e. The molecule has 1 aliphatic heterocycles. The van der Waals surface area contributed by atoms with Gasteiger partial charge in [0.25, 0.3) is 0 Å². The van der Waals surface area contributed by atoms with E-state index < -0.39 is 16.1 Å². The summed E-state index contributed by atoms with van der Waals surface area (Å²) in [4.78, 5) is 0. The van der Waals surface area contributed by atoms with Crippen LogP contribution in [0.5, 0.6) is 0 Å². The van der Waals surface area contributed by atoms with Crippen LogP contribution in [0.3, 0.4) is 0 Å². The summed E-state index contributed by atoms with van der Waals surface area (Å²) in [7, 11) is -3.32. The molecule has 2 N–H and O–H groups in total. The van der Waals surface area contributed by atoms with Crippen LogP contribution in [0.1, 0.15) is 39.5 Å². The van der Waals surface area contributed by atoms with Crippen molar-refractivity contribution in [1.29, 1.82) is 0 Å². The second-order valence-electron chi connectivity index (χ2n) is 4.85. The summed E-state index contributed by atoms with van der Waals surface area (Å²) in [5.74, 6) is 0.155. The molecule has 0 bridgehead atoms. The van der Waals surface area contributed by atoms with Gasteiger partial charge in [0.15, 0.2) is 0 Å². The van der Waals surface area contributed by atoms with Gasteiger partial charge in [-0.1, -0.05) is 26.7 Å². The van der Waals surface area contributed by atoms with Gasteiger partial charge in [-0.2, -0.15) is 0 Å². The first-order valence-corrected chi connectivity index (χ1v) is 8.30. The van der Waals surface area contributed by atoms with Crippen LogP contribution in [0.2, 0.25) is 0 Å². The smallest absolute Gasteiger partial charge is 0.214 e. The number of hydrogen-bond donors (Lipinski definition) is 2. The van der Waals surface area contributed by atoms with Crippen LogP contribution in [0.4, 0.5) is 0 Å². The number of hydrogen-bond acceptors (Lipinski definition) is 4. The summed E-state index contributed by atoms with van der Waals surface area (Å²) in [5, 5.41) is 9.54. The van der Waals surface area contributed by atoms with E-state index in [1.165, 1.54) is 0 Å². The van der Waals surface area contributed by atoms with E-state index >= 15 is 0 Å². The van der Waals surface area contributed by atoms with Crippen molar-refractivity contribution in [1.82, 2.24) is 4.72 Å². The van der Waals surface area contributed by atoms with Crippen molar-refractivity contribution < 1.29 is 18.3 Å². The molecule has 1 aliphatic rings. The highest BCUT2D eigenvalue weighted by Crippen LogP contribution is 2.16. The standard InChI is InChI=1S/C12H25NO4S/c1-3-10(4-2)12(14)9-13-18(15,16)11-5-7-17-8-6-11/h10-14H,3-9H2,1-2H3. The Kier molecular flexibility index (Phi) is 6.55. The normalized spacial score (nSPS) is 20.2. The second kappa shape index (κ2) is 7.43.